The van der Waals surface area contributed by atoms with E-state index in [-0.39, 0.29) is 25.0 Å². The summed E-state index contributed by atoms with van der Waals surface area (Å²) < 4.78 is 10.8. The fourth-order valence-corrected chi connectivity index (χ4v) is 3.85. The van der Waals surface area contributed by atoms with Crippen LogP contribution in [-0.2, 0) is 9.47 Å². The highest BCUT2D eigenvalue weighted by atomic mass is 32.1. The number of nitrogens with zero attached hydrogens (tertiary/aromatic N) is 2. The molecule has 0 spiro atoms. The van der Waals surface area contributed by atoms with Crippen LogP contribution in [-0.4, -0.2) is 69.0 Å². The maximum absolute atomic E-state index is 13.1. The van der Waals surface area contributed by atoms with Gasteiger partial charge in [0.2, 0.25) is 0 Å². The second kappa shape index (κ2) is 10.8. The topological polar surface area (TPSA) is 59.1 Å². The van der Waals surface area contributed by atoms with E-state index in [1.807, 2.05) is 24.3 Å². The summed E-state index contributed by atoms with van der Waals surface area (Å²) >= 11 is 4.08. The van der Waals surface area contributed by atoms with E-state index in [9.17, 15) is 9.59 Å². The molecular weight excluding hydrogens is 400 g/mol. The normalized spacial score (nSPS) is 13.4. The standard InChI is InChI=1S/C23H30N2O4S/c1-3-4-10-24(2)20-9-8-19-21-17(20)6-5-7-18(21)22(26)25(23(19)27)11-12-28-13-14-29-15-16-30/h5-9,30H,3-4,10-16H2,1-2H3. The molecule has 0 unspecified atom stereocenters. The van der Waals surface area contributed by atoms with Gasteiger partial charge in [0.05, 0.1) is 33.0 Å². The smallest absolute Gasteiger partial charge is 0.261 e. The monoisotopic (exact) mass is 430 g/mol. The van der Waals surface area contributed by atoms with Crippen LogP contribution < -0.4 is 4.90 Å². The maximum atomic E-state index is 13.1. The second-order valence-corrected chi connectivity index (χ2v) is 7.79. The summed E-state index contributed by atoms with van der Waals surface area (Å²) in [4.78, 5) is 29.6. The molecule has 2 amide bonds. The third-order valence-electron chi connectivity index (χ3n) is 5.29. The van der Waals surface area contributed by atoms with Gasteiger partial charge in [-0.1, -0.05) is 25.5 Å². The fraction of sp³-hybridized carbons (Fsp3) is 0.478. The number of rotatable bonds is 12. The number of imide groups is 1. The van der Waals surface area contributed by atoms with E-state index >= 15 is 0 Å². The van der Waals surface area contributed by atoms with Crippen molar-refractivity contribution in [3.8, 4) is 0 Å². The van der Waals surface area contributed by atoms with Crippen molar-refractivity contribution in [1.29, 1.82) is 0 Å². The lowest BCUT2D eigenvalue weighted by molar-refractivity contribution is 0.0368. The van der Waals surface area contributed by atoms with Crippen LogP contribution in [0.4, 0.5) is 5.69 Å². The summed E-state index contributed by atoms with van der Waals surface area (Å²) in [6, 6.07) is 9.51. The van der Waals surface area contributed by atoms with Gasteiger partial charge in [0.25, 0.3) is 11.8 Å². The Morgan fingerprint density at radius 1 is 0.967 bits per heavy atom. The van der Waals surface area contributed by atoms with Crippen LogP contribution in [0, 0.1) is 0 Å². The number of benzene rings is 2. The molecule has 1 aliphatic heterocycles. The van der Waals surface area contributed by atoms with Crippen LogP contribution in [0.5, 0.6) is 0 Å². The number of carbonyl (C=O) groups is 2. The molecule has 7 heteroatoms. The Bertz CT molecular complexity index is 880. The molecule has 0 fully saturated rings. The molecule has 0 saturated carbocycles. The molecule has 0 aliphatic carbocycles. The highest BCUT2D eigenvalue weighted by Gasteiger charge is 2.33. The Kier molecular flexibility index (Phi) is 8.13. The summed E-state index contributed by atoms with van der Waals surface area (Å²) in [5.74, 6) is 0.139. The SMILES string of the molecule is CCCCN(C)c1ccc2c3c(cccc13)C(=O)N(CCOCCOCCS)C2=O. The predicted octanol–water partition coefficient (Wildman–Crippen LogP) is 3.64. The Labute approximate surface area is 183 Å². The molecule has 6 nitrogen and oxygen atoms in total. The summed E-state index contributed by atoms with van der Waals surface area (Å²) in [5.41, 5.74) is 2.19. The van der Waals surface area contributed by atoms with Crippen LogP contribution in [0.15, 0.2) is 30.3 Å². The number of ether oxygens (including phenoxy) is 2. The van der Waals surface area contributed by atoms with E-state index in [0.717, 1.165) is 35.8 Å². The molecule has 0 saturated heterocycles. The fourth-order valence-electron chi connectivity index (χ4n) is 3.72. The van der Waals surface area contributed by atoms with Crippen LogP contribution in [0.1, 0.15) is 40.5 Å². The van der Waals surface area contributed by atoms with E-state index in [1.165, 1.54) is 4.90 Å². The minimum absolute atomic E-state index is 0.220. The van der Waals surface area contributed by atoms with Gasteiger partial charge in [0.15, 0.2) is 0 Å². The largest absolute Gasteiger partial charge is 0.378 e. The number of thiol groups is 1. The van der Waals surface area contributed by atoms with Gasteiger partial charge in [0.1, 0.15) is 0 Å². The van der Waals surface area contributed by atoms with Crippen LogP contribution in [0.3, 0.4) is 0 Å². The molecule has 3 rings (SSSR count). The van der Waals surface area contributed by atoms with E-state index in [2.05, 4.69) is 31.5 Å². The average Bonchev–Trinajstić information content (AvgIpc) is 2.76. The van der Waals surface area contributed by atoms with Gasteiger partial charge in [-0.25, -0.2) is 0 Å². The van der Waals surface area contributed by atoms with E-state index in [4.69, 9.17) is 9.47 Å². The van der Waals surface area contributed by atoms with Crippen molar-refractivity contribution in [3.05, 3.63) is 41.5 Å². The number of hydrogen-bond donors (Lipinski definition) is 1. The third kappa shape index (κ3) is 4.79. The molecular formula is C23H30N2O4S. The molecule has 2 aromatic rings. The number of anilines is 1. The van der Waals surface area contributed by atoms with Crippen molar-refractivity contribution >= 4 is 40.9 Å². The van der Waals surface area contributed by atoms with Crippen LogP contribution >= 0.6 is 12.6 Å². The van der Waals surface area contributed by atoms with Gasteiger partial charge < -0.3 is 14.4 Å². The first-order valence-corrected chi connectivity index (χ1v) is 11.1. The predicted molar refractivity (Wildman–Crippen MR) is 123 cm³/mol. The highest BCUT2D eigenvalue weighted by Crippen LogP contribution is 2.35. The first-order chi connectivity index (χ1) is 14.6. The first kappa shape index (κ1) is 22.6. The van der Waals surface area contributed by atoms with E-state index in [1.54, 1.807) is 6.07 Å². The molecule has 0 atom stereocenters. The summed E-state index contributed by atoms with van der Waals surface area (Å²) in [7, 11) is 2.05. The number of unbranched alkanes of at least 4 members (excludes halogenated alkanes) is 1. The first-order valence-electron chi connectivity index (χ1n) is 10.5. The zero-order chi connectivity index (χ0) is 21.5. The number of carbonyl (C=O) groups excluding carboxylic acids is 2. The van der Waals surface area contributed by atoms with Crippen molar-refractivity contribution in [2.75, 3.05) is 57.2 Å². The van der Waals surface area contributed by atoms with Gasteiger partial charge >= 0.3 is 0 Å². The Morgan fingerprint density at radius 2 is 1.67 bits per heavy atom. The molecule has 2 aromatic carbocycles. The minimum atomic E-state index is -0.263. The third-order valence-corrected chi connectivity index (χ3v) is 5.48. The molecule has 0 bridgehead atoms. The Morgan fingerprint density at radius 3 is 2.37 bits per heavy atom. The average molecular weight is 431 g/mol. The zero-order valence-corrected chi connectivity index (χ0v) is 18.6. The molecule has 0 N–H and O–H groups in total. The quantitative estimate of drug-likeness (QED) is 0.317. The Hall–Kier alpha value is -2.09. The zero-order valence-electron chi connectivity index (χ0n) is 17.7. The lowest BCUT2D eigenvalue weighted by Crippen LogP contribution is -2.42. The number of amides is 2. The lowest BCUT2D eigenvalue weighted by Gasteiger charge is -2.29. The molecule has 162 valence electrons. The van der Waals surface area contributed by atoms with Gasteiger partial charge in [-0.15, -0.1) is 0 Å². The van der Waals surface area contributed by atoms with Crippen molar-refractivity contribution in [2.24, 2.45) is 0 Å². The van der Waals surface area contributed by atoms with Gasteiger partial charge in [-0.2, -0.15) is 12.6 Å². The van der Waals surface area contributed by atoms with Gasteiger partial charge in [-0.05, 0) is 24.6 Å². The van der Waals surface area contributed by atoms with Crippen molar-refractivity contribution in [3.63, 3.8) is 0 Å². The van der Waals surface area contributed by atoms with Crippen molar-refractivity contribution in [1.82, 2.24) is 4.90 Å². The highest BCUT2D eigenvalue weighted by molar-refractivity contribution is 7.80. The van der Waals surface area contributed by atoms with Crippen molar-refractivity contribution < 1.29 is 19.1 Å². The van der Waals surface area contributed by atoms with Crippen LogP contribution in [0.2, 0.25) is 0 Å². The van der Waals surface area contributed by atoms with Crippen molar-refractivity contribution in [2.45, 2.75) is 19.8 Å². The summed E-state index contributed by atoms with van der Waals surface area (Å²) in [5, 5.41) is 1.70. The lowest BCUT2D eigenvalue weighted by atomic mass is 9.92. The number of hydrogen-bond acceptors (Lipinski definition) is 6. The molecule has 0 radical (unpaired) electrons. The Balaban J connectivity index is 1.77. The molecule has 1 heterocycles. The minimum Gasteiger partial charge on any atom is -0.378 e. The second-order valence-electron chi connectivity index (χ2n) is 7.35. The maximum Gasteiger partial charge on any atom is 0.261 e. The summed E-state index contributed by atoms with van der Waals surface area (Å²) in [6.45, 7) is 5.06. The molecule has 0 aromatic heterocycles. The molecule has 1 aliphatic rings. The van der Waals surface area contributed by atoms with E-state index in [0.29, 0.717) is 36.7 Å². The van der Waals surface area contributed by atoms with Gasteiger partial charge in [-0.3, -0.25) is 14.5 Å². The van der Waals surface area contributed by atoms with E-state index < -0.39 is 0 Å². The van der Waals surface area contributed by atoms with Gasteiger partial charge in [0, 0.05) is 46.9 Å². The summed E-state index contributed by atoms with van der Waals surface area (Å²) in [6.07, 6.45) is 2.20. The van der Waals surface area contributed by atoms with Crippen LogP contribution in [0.25, 0.3) is 10.8 Å². The molecule has 30 heavy (non-hydrogen) atoms.